The van der Waals surface area contributed by atoms with Crippen LogP contribution in [-0.4, -0.2) is 16.8 Å². The highest BCUT2D eigenvalue weighted by Crippen LogP contribution is 2.19. The molecular weight excluding hydrogens is 161 g/mol. The topological polar surface area (TPSA) is 66.5 Å². The van der Waals surface area contributed by atoms with E-state index in [1.54, 1.807) is 0 Å². The molecular formula is C8H10FNO2. The molecule has 3 nitrogen and oxygen atoms in total. The second kappa shape index (κ2) is 3.51. The standard InChI is InChI=1S/C8H10FNO2/c9-7-3-5(12)1-2-6(7)8(10)4-11/h1-3,8,11-12H,4,10H2. The first kappa shape index (κ1) is 8.96. The van der Waals surface area contributed by atoms with E-state index >= 15 is 0 Å². The van der Waals surface area contributed by atoms with E-state index in [-0.39, 0.29) is 17.9 Å². The van der Waals surface area contributed by atoms with Gasteiger partial charge in [0.15, 0.2) is 0 Å². The Morgan fingerprint density at radius 1 is 1.50 bits per heavy atom. The van der Waals surface area contributed by atoms with Crippen molar-refractivity contribution in [2.24, 2.45) is 5.73 Å². The molecule has 0 bridgehead atoms. The SMILES string of the molecule is NC(CO)c1ccc(O)cc1F. The molecule has 0 radical (unpaired) electrons. The van der Waals surface area contributed by atoms with Gasteiger partial charge < -0.3 is 15.9 Å². The Balaban J connectivity index is 3.01. The minimum Gasteiger partial charge on any atom is -0.508 e. The molecule has 0 amide bonds. The van der Waals surface area contributed by atoms with E-state index in [0.717, 1.165) is 6.07 Å². The first-order valence-electron chi connectivity index (χ1n) is 3.50. The number of hydrogen-bond acceptors (Lipinski definition) is 3. The molecule has 0 heterocycles. The fraction of sp³-hybridized carbons (Fsp3) is 0.250. The van der Waals surface area contributed by atoms with Gasteiger partial charge >= 0.3 is 0 Å². The number of aliphatic hydroxyl groups is 1. The summed E-state index contributed by atoms with van der Waals surface area (Å²) in [5.41, 5.74) is 5.58. The van der Waals surface area contributed by atoms with Crippen LogP contribution in [0, 0.1) is 5.82 Å². The number of aromatic hydroxyl groups is 1. The van der Waals surface area contributed by atoms with Crippen molar-refractivity contribution in [2.75, 3.05) is 6.61 Å². The van der Waals surface area contributed by atoms with Crippen LogP contribution in [0.1, 0.15) is 11.6 Å². The van der Waals surface area contributed by atoms with Gasteiger partial charge in [-0.2, -0.15) is 0 Å². The monoisotopic (exact) mass is 171 g/mol. The fourth-order valence-electron chi connectivity index (χ4n) is 0.915. The lowest BCUT2D eigenvalue weighted by molar-refractivity contribution is 0.265. The van der Waals surface area contributed by atoms with Crippen LogP contribution in [0.4, 0.5) is 4.39 Å². The lowest BCUT2D eigenvalue weighted by Gasteiger charge is -2.09. The van der Waals surface area contributed by atoms with E-state index in [1.165, 1.54) is 12.1 Å². The summed E-state index contributed by atoms with van der Waals surface area (Å²) in [6, 6.07) is 2.91. The van der Waals surface area contributed by atoms with Crippen LogP contribution in [-0.2, 0) is 0 Å². The molecule has 4 N–H and O–H groups in total. The van der Waals surface area contributed by atoms with Crippen molar-refractivity contribution in [3.8, 4) is 5.75 Å². The third kappa shape index (κ3) is 1.72. The smallest absolute Gasteiger partial charge is 0.131 e. The maximum Gasteiger partial charge on any atom is 0.131 e. The van der Waals surface area contributed by atoms with Gasteiger partial charge in [-0.1, -0.05) is 6.07 Å². The second-order valence-corrected chi connectivity index (χ2v) is 2.49. The van der Waals surface area contributed by atoms with Gasteiger partial charge in [-0.3, -0.25) is 0 Å². The molecule has 0 spiro atoms. The normalized spacial score (nSPS) is 12.9. The molecule has 4 heteroatoms. The summed E-state index contributed by atoms with van der Waals surface area (Å²) < 4.78 is 12.9. The van der Waals surface area contributed by atoms with Gasteiger partial charge in [0.05, 0.1) is 12.6 Å². The van der Waals surface area contributed by atoms with Crippen LogP contribution in [0.5, 0.6) is 5.75 Å². The number of hydrogen-bond donors (Lipinski definition) is 3. The predicted molar refractivity (Wildman–Crippen MR) is 42.1 cm³/mol. The highest BCUT2D eigenvalue weighted by atomic mass is 19.1. The second-order valence-electron chi connectivity index (χ2n) is 2.49. The Morgan fingerprint density at radius 2 is 2.17 bits per heavy atom. The molecule has 66 valence electrons. The molecule has 1 atom stereocenters. The number of nitrogens with two attached hydrogens (primary N) is 1. The van der Waals surface area contributed by atoms with Gasteiger partial charge in [-0.15, -0.1) is 0 Å². The Bertz CT molecular complexity index is 278. The zero-order chi connectivity index (χ0) is 9.14. The molecule has 1 aromatic rings. The molecule has 0 aromatic heterocycles. The quantitative estimate of drug-likeness (QED) is 0.607. The number of halogens is 1. The Kier molecular flexibility index (Phi) is 2.62. The highest BCUT2D eigenvalue weighted by molar-refractivity contribution is 5.29. The molecule has 0 aliphatic carbocycles. The molecule has 1 rings (SSSR count). The number of rotatable bonds is 2. The first-order chi connectivity index (χ1) is 5.65. The van der Waals surface area contributed by atoms with Gasteiger partial charge in [0.2, 0.25) is 0 Å². The lowest BCUT2D eigenvalue weighted by Crippen LogP contribution is -2.15. The van der Waals surface area contributed by atoms with E-state index in [1.807, 2.05) is 0 Å². The van der Waals surface area contributed by atoms with Crippen LogP contribution in [0.15, 0.2) is 18.2 Å². The summed E-state index contributed by atoms with van der Waals surface area (Å²) in [6.45, 7) is -0.318. The molecule has 0 saturated heterocycles. The summed E-state index contributed by atoms with van der Waals surface area (Å²) in [5, 5.41) is 17.5. The van der Waals surface area contributed by atoms with Crippen molar-refractivity contribution < 1.29 is 14.6 Å². The van der Waals surface area contributed by atoms with E-state index in [9.17, 15) is 4.39 Å². The minimum atomic E-state index is -0.731. The van der Waals surface area contributed by atoms with Gasteiger partial charge in [0, 0.05) is 11.6 Å². The number of aliphatic hydroxyl groups excluding tert-OH is 1. The van der Waals surface area contributed by atoms with Crippen LogP contribution in [0.2, 0.25) is 0 Å². The summed E-state index contributed by atoms with van der Waals surface area (Å²) >= 11 is 0. The molecule has 1 unspecified atom stereocenters. The summed E-state index contributed by atoms with van der Waals surface area (Å²) in [4.78, 5) is 0. The van der Waals surface area contributed by atoms with Gasteiger partial charge in [-0.25, -0.2) is 4.39 Å². The van der Waals surface area contributed by atoms with Crippen LogP contribution >= 0.6 is 0 Å². The summed E-state index contributed by atoms with van der Waals surface area (Å²) in [7, 11) is 0. The third-order valence-electron chi connectivity index (χ3n) is 1.58. The van der Waals surface area contributed by atoms with Crippen molar-refractivity contribution in [3.63, 3.8) is 0 Å². The molecule has 12 heavy (non-hydrogen) atoms. The van der Waals surface area contributed by atoms with E-state index in [0.29, 0.717) is 0 Å². The maximum absolute atomic E-state index is 12.9. The molecule has 1 aromatic carbocycles. The molecule has 0 fully saturated rings. The zero-order valence-corrected chi connectivity index (χ0v) is 6.37. The molecule has 0 saturated carbocycles. The first-order valence-corrected chi connectivity index (χ1v) is 3.50. The van der Waals surface area contributed by atoms with Crippen LogP contribution in [0.25, 0.3) is 0 Å². The van der Waals surface area contributed by atoms with Gasteiger partial charge in [-0.05, 0) is 6.07 Å². The zero-order valence-electron chi connectivity index (χ0n) is 6.37. The molecule has 0 aliphatic heterocycles. The van der Waals surface area contributed by atoms with Crippen LogP contribution in [0.3, 0.4) is 0 Å². The fourth-order valence-corrected chi connectivity index (χ4v) is 0.915. The Hall–Kier alpha value is -1.13. The van der Waals surface area contributed by atoms with Crippen molar-refractivity contribution in [1.82, 2.24) is 0 Å². The summed E-state index contributed by atoms with van der Waals surface area (Å²) in [5.74, 6) is -0.752. The third-order valence-corrected chi connectivity index (χ3v) is 1.58. The number of phenolic OH excluding ortho intramolecular Hbond substituents is 1. The lowest BCUT2D eigenvalue weighted by atomic mass is 10.1. The van der Waals surface area contributed by atoms with E-state index in [4.69, 9.17) is 15.9 Å². The highest BCUT2D eigenvalue weighted by Gasteiger charge is 2.09. The van der Waals surface area contributed by atoms with Crippen molar-refractivity contribution >= 4 is 0 Å². The largest absolute Gasteiger partial charge is 0.508 e. The maximum atomic E-state index is 12.9. The molecule has 0 aliphatic rings. The van der Waals surface area contributed by atoms with E-state index < -0.39 is 11.9 Å². The number of benzene rings is 1. The Morgan fingerprint density at radius 3 is 2.67 bits per heavy atom. The number of phenols is 1. The predicted octanol–water partition coefficient (Wildman–Crippen LogP) is 0.523. The van der Waals surface area contributed by atoms with E-state index in [2.05, 4.69) is 0 Å². The van der Waals surface area contributed by atoms with Crippen molar-refractivity contribution in [1.29, 1.82) is 0 Å². The average molecular weight is 171 g/mol. The average Bonchev–Trinajstić information content (AvgIpc) is 2.03. The Labute approximate surface area is 69.3 Å². The van der Waals surface area contributed by atoms with Crippen molar-refractivity contribution in [2.45, 2.75) is 6.04 Å². The minimum absolute atomic E-state index is 0.151. The van der Waals surface area contributed by atoms with Crippen molar-refractivity contribution in [3.05, 3.63) is 29.6 Å². The van der Waals surface area contributed by atoms with Crippen LogP contribution < -0.4 is 5.73 Å². The van der Waals surface area contributed by atoms with Gasteiger partial charge in [0.25, 0.3) is 0 Å². The summed E-state index contributed by atoms with van der Waals surface area (Å²) in [6.07, 6.45) is 0. The van der Waals surface area contributed by atoms with Gasteiger partial charge in [0.1, 0.15) is 11.6 Å².